The van der Waals surface area contributed by atoms with E-state index < -0.39 is 0 Å². The van der Waals surface area contributed by atoms with Gasteiger partial charge in [-0.15, -0.1) is 11.8 Å². The van der Waals surface area contributed by atoms with E-state index in [9.17, 15) is 4.79 Å². The standard InChI is InChI=1S/C19H18O4S/c1-3-22-19(20)18-15-11-13(21-2)9-10-16(15)23-17(18)12-24-14-7-5-4-6-8-14/h4-11H,3,12H2,1-2H3. The second-order valence-electron chi connectivity index (χ2n) is 5.08. The maximum Gasteiger partial charge on any atom is 0.342 e. The van der Waals surface area contributed by atoms with Crippen LogP contribution in [0.25, 0.3) is 11.0 Å². The molecule has 1 aromatic heterocycles. The molecular formula is C19H18O4S. The van der Waals surface area contributed by atoms with Crippen molar-refractivity contribution in [2.45, 2.75) is 17.6 Å². The lowest BCUT2D eigenvalue weighted by atomic mass is 10.1. The van der Waals surface area contributed by atoms with Crippen molar-refractivity contribution in [3.63, 3.8) is 0 Å². The maximum atomic E-state index is 12.4. The van der Waals surface area contributed by atoms with Crippen molar-refractivity contribution < 1.29 is 18.7 Å². The Morgan fingerprint density at radius 1 is 1.17 bits per heavy atom. The number of benzene rings is 2. The highest BCUT2D eigenvalue weighted by Crippen LogP contribution is 2.33. The van der Waals surface area contributed by atoms with Gasteiger partial charge in [0.05, 0.1) is 19.5 Å². The molecule has 2 aromatic carbocycles. The van der Waals surface area contributed by atoms with Crippen molar-refractivity contribution in [2.24, 2.45) is 0 Å². The molecular weight excluding hydrogens is 324 g/mol. The van der Waals surface area contributed by atoms with Crippen LogP contribution in [0, 0.1) is 0 Å². The third-order valence-electron chi connectivity index (χ3n) is 3.56. The zero-order chi connectivity index (χ0) is 16.9. The number of hydrogen-bond acceptors (Lipinski definition) is 5. The lowest BCUT2D eigenvalue weighted by molar-refractivity contribution is 0.0526. The highest BCUT2D eigenvalue weighted by molar-refractivity contribution is 7.98. The molecule has 0 atom stereocenters. The van der Waals surface area contributed by atoms with E-state index in [1.807, 2.05) is 48.5 Å². The van der Waals surface area contributed by atoms with Crippen molar-refractivity contribution in [3.05, 3.63) is 59.9 Å². The zero-order valence-electron chi connectivity index (χ0n) is 13.6. The minimum atomic E-state index is -0.367. The molecule has 0 radical (unpaired) electrons. The van der Waals surface area contributed by atoms with E-state index >= 15 is 0 Å². The summed E-state index contributed by atoms with van der Waals surface area (Å²) >= 11 is 1.62. The molecule has 0 aliphatic rings. The summed E-state index contributed by atoms with van der Waals surface area (Å²) < 4.78 is 16.4. The molecule has 3 rings (SSSR count). The van der Waals surface area contributed by atoms with E-state index in [1.165, 1.54) is 0 Å². The molecule has 24 heavy (non-hydrogen) atoms. The molecule has 3 aromatic rings. The van der Waals surface area contributed by atoms with Crippen LogP contribution in [0.15, 0.2) is 57.8 Å². The smallest absolute Gasteiger partial charge is 0.342 e. The van der Waals surface area contributed by atoms with E-state index in [2.05, 4.69) is 0 Å². The lowest BCUT2D eigenvalue weighted by Crippen LogP contribution is -2.06. The Bertz CT molecular complexity index is 839. The number of carbonyl (C=O) groups excluding carboxylic acids is 1. The second kappa shape index (κ2) is 7.45. The number of methoxy groups -OCH3 is 1. The SMILES string of the molecule is CCOC(=O)c1c(CSc2ccccc2)oc2ccc(OC)cc12. The molecule has 5 heteroatoms. The Morgan fingerprint density at radius 2 is 1.96 bits per heavy atom. The summed E-state index contributed by atoms with van der Waals surface area (Å²) in [5.74, 6) is 1.48. The average Bonchev–Trinajstić information content (AvgIpc) is 2.98. The Kier molecular flexibility index (Phi) is 5.11. The van der Waals surface area contributed by atoms with Crippen LogP contribution in [0.3, 0.4) is 0 Å². The summed E-state index contributed by atoms with van der Waals surface area (Å²) in [6.45, 7) is 2.11. The third kappa shape index (κ3) is 3.41. The quantitative estimate of drug-likeness (QED) is 0.470. The van der Waals surface area contributed by atoms with Crippen molar-refractivity contribution in [2.75, 3.05) is 13.7 Å². The van der Waals surface area contributed by atoms with Crippen molar-refractivity contribution >= 4 is 28.7 Å². The van der Waals surface area contributed by atoms with Crippen LogP contribution in [-0.4, -0.2) is 19.7 Å². The molecule has 0 unspecified atom stereocenters. The maximum absolute atomic E-state index is 12.4. The van der Waals surface area contributed by atoms with Gasteiger partial charge in [-0.3, -0.25) is 0 Å². The Labute approximate surface area is 144 Å². The first-order valence-electron chi connectivity index (χ1n) is 7.67. The van der Waals surface area contributed by atoms with Gasteiger partial charge in [-0.05, 0) is 37.3 Å². The molecule has 124 valence electrons. The number of thioether (sulfide) groups is 1. The number of fused-ring (bicyclic) bond motifs is 1. The Hall–Kier alpha value is -2.40. The summed E-state index contributed by atoms with van der Waals surface area (Å²) in [4.78, 5) is 13.5. The van der Waals surface area contributed by atoms with Gasteiger partial charge in [0, 0.05) is 10.3 Å². The number of rotatable bonds is 6. The number of ether oxygens (including phenoxy) is 2. The van der Waals surface area contributed by atoms with Crippen LogP contribution in [0.4, 0.5) is 0 Å². The number of carbonyl (C=O) groups is 1. The van der Waals surface area contributed by atoms with Crippen molar-refractivity contribution in [1.82, 2.24) is 0 Å². The van der Waals surface area contributed by atoms with Gasteiger partial charge in [-0.25, -0.2) is 4.79 Å². The second-order valence-corrected chi connectivity index (χ2v) is 6.13. The van der Waals surface area contributed by atoms with Gasteiger partial charge in [0.2, 0.25) is 0 Å². The Morgan fingerprint density at radius 3 is 2.67 bits per heavy atom. The monoisotopic (exact) mass is 342 g/mol. The highest BCUT2D eigenvalue weighted by atomic mass is 32.2. The first-order valence-corrected chi connectivity index (χ1v) is 8.66. The fourth-order valence-corrected chi connectivity index (χ4v) is 3.30. The van der Waals surface area contributed by atoms with Gasteiger partial charge in [0.15, 0.2) is 0 Å². The van der Waals surface area contributed by atoms with E-state index in [0.717, 1.165) is 10.3 Å². The van der Waals surface area contributed by atoms with Crippen molar-refractivity contribution in [1.29, 1.82) is 0 Å². The topological polar surface area (TPSA) is 48.7 Å². The summed E-state index contributed by atoms with van der Waals surface area (Å²) in [5, 5.41) is 0.719. The summed E-state index contributed by atoms with van der Waals surface area (Å²) in [5.41, 5.74) is 1.14. The van der Waals surface area contributed by atoms with Crippen LogP contribution in [0.2, 0.25) is 0 Å². The van der Waals surface area contributed by atoms with Gasteiger partial charge < -0.3 is 13.9 Å². The Balaban J connectivity index is 1.98. The lowest BCUT2D eigenvalue weighted by Gasteiger charge is -2.04. The van der Waals surface area contributed by atoms with Crippen LogP contribution >= 0.6 is 11.8 Å². The number of furan rings is 1. The van der Waals surface area contributed by atoms with Crippen molar-refractivity contribution in [3.8, 4) is 5.75 Å². The first kappa shape index (κ1) is 16.5. The minimum absolute atomic E-state index is 0.320. The molecule has 0 amide bonds. The van der Waals surface area contributed by atoms with E-state index in [4.69, 9.17) is 13.9 Å². The molecule has 4 nitrogen and oxygen atoms in total. The molecule has 0 fully saturated rings. The fraction of sp³-hybridized carbons (Fsp3) is 0.211. The largest absolute Gasteiger partial charge is 0.497 e. The van der Waals surface area contributed by atoms with Gasteiger partial charge in [0.25, 0.3) is 0 Å². The summed E-state index contributed by atoms with van der Waals surface area (Å²) in [6.07, 6.45) is 0. The highest BCUT2D eigenvalue weighted by Gasteiger charge is 2.22. The summed E-state index contributed by atoms with van der Waals surface area (Å²) in [6, 6.07) is 15.4. The fourth-order valence-electron chi connectivity index (χ4n) is 2.45. The van der Waals surface area contributed by atoms with Crippen LogP contribution < -0.4 is 4.74 Å². The molecule has 1 heterocycles. The zero-order valence-corrected chi connectivity index (χ0v) is 14.4. The normalized spacial score (nSPS) is 10.8. The van der Waals surface area contributed by atoms with Gasteiger partial charge >= 0.3 is 5.97 Å². The predicted molar refractivity (Wildman–Crippen MR) is 94.7 cm³/mol. The summed E-state index contributed by atoms with van der Waals surface area (Å²) in [7, 11) is 1.59. The number of hydrogen-bond donors (Lipinski definition) is 0. The van der Waals surface area contributed by atoms with Crippen LogP contribution in [0.1, 0.15) is 23.0 Å². The van der Waals surface area contributed by atoms with Gasteiger partial charge in [-0.1, -0.05) is 18.2 Å². The van der Waals surface area contributed by atoms with Gasteiger partial charge in [0.1, 0.15) is 22.7 Å². The van der Waals surface area contributed by atoms with Crippen LogP contribution in [-0.2, 0) is 10.5 Å². The van der Waals surface area contributed by atoms with E-state index in [1.54, 1.807) is 25.8 Å². The van der Waals surface area contributed by atoms with E-state index in [-0.39, 0.29) is 5.97 Å². The number of esters is 1. The van der Waals surface area contributed by atoms with Crippen LogP contribution in [0.5, 0.6) is 5.75 Å². The third-order valence-corrected chi connectivity index (χ3v) is 4.57. The molecule has 0 aliphatic heterocycles. The molecule has 0 N–H and O–H groups in total. The molecule has 0 aliphatic carbocycles. The predicted octanol–water partition coefficient (Wildman–Crippen LogP) is 4.91. The first-order chi connectivity index (χ1) is 11.7. The van der Waals surface area contributed by atoms with Gasteiger partial charge in [-0.2, -0.15) is 0 Å². The minimum Gasteiger partial charge on any atom is -0.497 e. The molecule has 0 saturated heterocycles. The molecule has 0 spiro atoms. The molecule has 0 saturated carbocycles. The average molecular weight is 342 g/mol. The molecule has 0 bridgehead atoms. The van der Waals surface area contributed by atoms with E-state index in [0.29, 0.717) is 35.0 Å².